The van der Waals surface area contributed by atoms with Crippen molar-refractivity contribution in [2.75, 3.05) is 12.4 Å². The Morgan fingerprint density at radius 3 is 2.65 bits per heavy atom. The van der Waals surface area contributed by atoms with E-state index in [-0.39, 0.29) is 11.5 Å². The Kier molecular flexibility index (Phi) is 4.34. The largest absolute Gasteiger partial charge is 0.505 e. The van der Waals surface area contributed by atoms with E-state index in [1.807, 2.05) is 0 Å². The average molecular weight is 342 g/mol. The molecule has 106 valence electrons. The van der Waals surface area contributed by atoms with Crippen LogP contribution in [0.2, 0.25) is 0 Å². The van der Waals surface area contributed by atoms with Gasteiger partial charge >= 0.3 is 0 Å². The molecule has 0 heterocycles. The predicted octanol–water partition coefficient (Wildman–Crippen LogP) is 3.62. The lowest BCUT2D eigenvalue weighted by molar-refractivity contribution is 0.371. The van der Waals surface area contributed by atoms with Gasteiger partial charge in [0, 0.05) is 18.3 Å². The molecule has 20 heavy (non-hydrogen) atoms. The fraction of sp³-hybridized carbons (Fsp3) is 0.143. The van der Waals surface area contributed by atoms with Gasteiger partial charge in [-0.05, 0) is 45.8 Å². The summed E-state index contributed by atoms with van der Waals surface area (Å²) >= 11 is 3.23. The minimum absolute atomic E-state index is 0.0342. The number of ether oxygens (including phenoxy) is 1. The summed E-state index contributed by atoms with van der Waals surface area (Å²) in [5, 5.41) is 21.8. The van der Waals surface area contributed by atoms with Gasteiger partial charge in [0.25, 0.3) is 0 Å². The number of halogens is 2. The van der Waals surface area contributed by atoms with Crippen LogP contribution in [0.15, 0.2) is 34.8 Å². The molecule has 4 nitrogen and oxygen atoms in total. The van der Waals surface area contributed by atoms with Crippen LogP contribution >= 0.6 is 15.9 Å². The van der Waals surface area contributed by atoms with Crippen molar-refractivity contribution in [3.8, 4) is 17.2 Å². The van der Waals surface area contributed by atoms with E-state index in [0.717, 1.165) is 5.56 Å². The van der Waals surface area contributed by atoms with E-state index in [1.54, 1.807) is 18.2 Å². The normalized spacial score (nSPS) is 10.3. The van der Waals surface area contributed by atoms with E-state index in [2.05, 4.69) is 21.2 Å². The van der Waals surface area contributed by atoms with E-state index in [4.69, 9.17) is 9.84 Å². The summed E-state index contributed by atoms with van der Waals surface area (Å²) in [6, 6.07) is 7.49. The molecule has 0 aliphatic carbocycles. The molecule has 0 fully saturated rings. The van der Waals surface area contributed by atoms with Gasteiger partial charge in [-0.1, -0.05) is 0 Å². The highest BCUT2D eigenvalue weighted by Crippen LogP contribution is 2.35. The van der Waals surface area contributed by atoms with Gasteiger partial charge in [-0.25, -0.2) is 4.39 Å². The summed E-state index contributed by atoms with van der Waals surface area (Å²) in [5.74, 6) is -0.677. The molecule has 0 amide bonds. The molecule has 0 saturated carbocycles. The molecule has 0 aromatic heterocycles. The van der Waals surface area contributed by atoms with E-state index in [0.29, 0.717) is 22.5 Å². The van der Waals surface area contributed by atoms with Gasteiger partial charge in [-0.3, -0.25) is 0 Å². The fourth-order valence-corrected chi connectivity index (χ4v) is 2.20. The number of anilines is 1. The molecule has 0 bridgehead atoms. The second-order valence-electron chi connectivity index (χ2n) is 4.15. The molecule has 0 unspecified atom stereocenters. The molecule has 2 aromatic carbocycles. The highest BCUT2D eigenvalue weighted by molar-refractivity contribution is 9.10. The third-order valence-corrected chi connectivity index (χ3v) is 3.36. The lowest BCUT2D eigenvalue weighted by atomic mass is 10.2. The molecule has 3 N–H and O–H groups in total. The molecular weight excluding hydrogens is 329 g/mol. The number of phenols is 2. The van der Waals surface area contributed by atoms with Crippen LogP contribution in [0.25, 0.3) is 0 Å². The highest BCUT2D eigenvalue weighted by Gasteiger charge is 2.09. The lowest BCUT2D eigenvalue weighted by Crippen LogP contribution is -2.00. The van der Waals surface area contributed by atoms with Crippen LogP contribution in [0.3, 0.4) is 0 Å². The molecule has 0 saturated heterocycles. The zero-order chi connectivity index (χ0) is 14.7. The lowest BCUT2D eigenvalue weighted by Gasteiger charge is -2.11. The number of methoxy groups -OCH3 is 1. The first-order valence-corrected chi connectivity index (χ1v) is 6.58. The second kappa shape index (κ2) is 6.00. The van der Waals surface area contributed by atoms with E-state index in [9.17, 15) is 9.50 Å². The van der Waals surface area contributed by atoms with Crippen LogP contribution in [0.5, 0.6) is 17.2 Å². The maximum Gasteiger partial charge on any atom is 0.172 e. The van der Waals surface area contributed by atoms with Gasteiger partial charge in [0.15, 0.2) is 23.1 Å². The average Bonchev–Trinajstić information content (AvgIpc) is 2.43. The number of phenolic OH excluding ortho intramolecular Hbond substituents is 2. The minimum Gasteiger partial charge on any atom is -0.505 e. The summed E-state index contributed by atoms with van der Waals surface area (Å²) in [6.07, 6.45) is 0. The van der Waals surface area contributed by atoms with Crippen molar-refractivity contribution in [3.63, 3.8) is 0 Å². The van der Waals surface area contributed by atoms with Gasteiger partial charge in [0.05, 0.1) is 11.6 Å². The van der Waals surface area contributed by atoms with Gasteiger partial charge < -0.3 is 20.3 Å². The zero-order valence-electron chi connectivity index (χ0n) is 10.7. The first kappa shape index (κ1) is 14.5. The first-order chi connectivity index (χ1) is 9.51. The van der Waals surface area contributed by atoms with Crippen LogP contribution in [0, 0.1) is 5.82 Å². The third-order valence-electron chi connectivity index (χ3n) is 2.75. The maximum atomic E-state index is 13.2. The zero-order valence-corrected chi connectivity index (χ0v) is 12.2. The van der Waals surface area contributed by atoms with Crippen molar-refractivity contribution in [2.45, 2.75) is 6.54 Å². The number of nitrogens with one attached hydrogen (secondary N) is 1. The molecule has 0 atom stereocenters. The van der Waals surface area contributed by atoms with Crippen molar-refractivity contribution in [3.05, 3.63) is 46.2 Å². The van der Waals surface area contributed by atoms with E-state index >= 15 is 0 Å². The van der Waals surface area contributed by atoms with Crippen molar-refractivity contribution >= 4 is 21.6 Å². The third kappa shape index (κ3) is 3.14. The summed E-state index contributed by atoms with van der Waals surface area (Å²) in [4.78, 5) is 0. The molecule has 0 aliphatic rings. The van der Waals surface area contributed by atoms with E-state index in [1.165, 1.54) is 19.2 Å². The molecule has 6 heteroatoms. The summed E-state index contributed by atoms with van der Waals surface area (Å²) in [7, 11) is 1.47. The minimum atomic E-state index is -0.681. The van der Waals surface area contributed by atoms with Crippen molar-refractivity contribution in [1.29, 1.82) is 0 Å². The standard InChI is InChI=1S/C14H13BrFNO3/c1-20-13-5-8(4-10(15)14(13)19)7-17-9-2-3-12(18)11(16)6-9/h2-6,17-19H,7H2,1H3. The van der Waals surface area contributed by atoms with Crippen LogP contribution in [-0.2, 0) is 6.54 Å². The topological polar surface area (TPSA) is 61.7 Å². The molecule has 2 rings (SSSR count). The summed E-state index contributed by atoms with van der Waals surface area (Å²) in [5.41, 5.74) is 1.39. The monoisotopic (exact) mass is 341 g/mol. The maximum absolute atomic E-state index is 13.2. The number of aromatic hydroxyl groups is 2. The van der Waals surface area contributed by atoms with Gasteiger partial charge in [-0.15, -0.1) is 0 Å². The summed E-state index contributed by atoms with van der Waals surface area (Å²) in [6.45, 7) is 0.416. The fourth-order valence-electron chi connectivity index (χ4n) is 1.71. The Bertz CT molecular complexity index is 634. The van der Waals surface area contributed by atoms with Crippen LogP contribution in [0.4, 0.5) is 10.1 Å². The molecule has 0 aliphatic heterocycles. The molecule has 2 aromatic rings. The Labute approximate surface area is 124 Å². The predicted molar refractivity (Wildman–Crippen MR) is 77.8 cm³/mol. The molecular formula is C14H13BrFNO3. The van der Waals surface area contributed by atoms with Gasteiger partial charge in [0.2, 0.25) is 0 Å². The van der Waals surface area contributed by atoms with Crippen molar-refractivity contribution < 1.29 is 19.3 Å². The van der Waals surface area contributed by atoms with Crippen molar-refractivity contribution in [1.82, 2.24) is 0 Å². The Balaban J connectivity index is 2.14. The smallest absolute Gasteiger partial charge is 0.172 e. The highest BCUT2D eigenvalue weighted by atomic mass is 79.9. The Morgan fingerprint density at radius 2 is 2.00 bits per heavy atom. The second-order valence-corrected chi connectivity index (χ2v) is 5.00. The number of hydrogen-bond acceptors (Lipinski definition) is 4. The molecule has 0 radical (unpaired) electrons. The Hall–Kier alpha value is -1.95. The molecule has 0 spiro atoms. The van der Waals surface area contributed by atoms with Crippen LogP contribution in [0.1, 0.15) is 5.56 Å². The first-order valence-electron chi connectivity index (χ1n) is 5.79. The quantitative estimate of drug-likeness (QED) is 0.743. The Morgan fingerprint density at radius 1 is 1.25 bits per heavy atom. The van der Waals surface area contributed by atoms with Crippen LogP contribution in [-0.4, -0.2) is 17.3 Å². The number of benzene rings is 2. The number of rotatable bonds is 4. The summed E-state index contributed by atoms with van der Waals surface area (Å²) < 4.78 is 18.8. The van der Waals surface area contributed by atoms with E-state index < -0.39 is 5.82 Å². The van der Waals surface area contributed by atoms with Gasteiger partial charge in [-0.2, -0.15) is 0 Å². The SMILES string of the molecule is COc1cc(CNc2ccc(O)c(F)c2)cc(Br)c1O. The number of hydrogen-bond donors (Lipinski definition) is 3. The van der Waals surface area contributed by atoms with Crippen molar-refractivity contribution in [2.24, 2.45) is 0 Å². The van der Waals surface area contributed by atoms with Crippen LogP contribution < -0.4 is 10.1 Å². The van der Waals surface area contributed by atoms with Gasteiger partial charge in [0.1, 0.15) is 0 Å².